The molecule has 0 amide bonds. The maximum Gasteiger partial charge on any atom is 0.252 e. The number of anilines is 6. The number of hydrogen-bond donors (Lipinski definition) is 0. The molecular formula is C85H53BN6. The van der Waals surface area contributed by atoms with Gasteiger partial charge in [-0.25, -0.2) is 0 Å². The first-order chi connectivity index (χ1) is 54.3. The summed E-state index contributed by atoms with van der Waals surface area (Å²) >= 11 is 0. The van der Waals surface area contributed by atoms with Crippen LogP contribution in [-0.4, -0.2) is 20.4 Å². The number of nitriles is 1. The molecule has 0 bridgehead atoms. The van der Waals surface area contributed by atoms with E-state index in [1.54, 1.807) is 48.5 Å². The highest BCUT2D eigenvalue weighted by molar-refractivity contribution is 7.00. The molecule has 0 atom stereocenters. The van der Waals surface area contributed by atoms with Crippen LogP contribution in [0.25, 0.3) is 116 Å². The highest BCUT2D eigenvalue weighted by Crippen LogP contribution is 2.50. The van der Waals surface area contributed by atoms with E-state index in [0.29, 0.717) is 50.3 Å². The van der Waals surface area contributed by atoms with E-state index in [9.17, 15) is 24.5 Å². The molecule has 0 saturated carbocycles. The van der Waals surface area contributed by atoms with Crippen molar-refractivity contribution < 1.29 is 28.8 Å². The SMILES string of the molecule is [2H]c1c([2H])c([2H])c(-c2ccc3c(c2)N(c2cc(-n4c5ccccc5c5ccccc54)ccc2C#N)c2cc(-n4c5c([2H])c([2H])c([2H])c([2H])c5c5c([2H])c([2H])c([2H])c([2H])c54)cc4c2B3c2ccc(-n3c5c([2H])c([2H])c([2H])c([2H])c5c5c([2H])c([2H])c([2H])c([2H])c53)cc2N4c2cc(-c3ccccc3)cc(-c3ccccc3)c2)c([2H])c1[2H]. The predicted octanol–water partition coefficient (Wildman–Crippen LogP) is 19.9. The number of benzene rings is 14. The van der Waals surface area contributed by atoms with E-state index in [-0.39, 0.29) is 88.7 Å². The second-order valence-corrected chi connectivity index (χ2v) is 22.8. The first-order valence-corrected chi connectivity index (χ1v) is 29.8. The average Bonchev–Trinajstić information content (AvgIpc) is 1.65. The lowest BCUT2D eigenvalue weighted by Crippen LogP contribution is -2.61. The number of aromatic nitrogens is 3. The van der Waals surface area contributed by atoms with Gasteiger partial charge in [-0.2, -0.15) is 5.26 Å². The molecule has 2 aliphatic rings. The maximum absolute atomic E-state index is 11.9. The van der Waals surface area contributed by atoms with Crippen LogP contribution < -0.4 is 26.2 Å². The Hall–Kier alpha value is -12.4. The topological polar surface area (TPSA) is 45.1 Å². The number of fused-ring (bicyclic) bond motifs is 13. The van der Waals surface area contributed by atoms with Crippen LogP contribution in [0.2, 0.25) is 0 Å². The molecule has 19 rings (SSSR count). The summed E-state index contributed by atoms with van der Waals surface area (Å²) in [6.45, 7) is -1.01. The van der Waals surface area contributed by atoms with Crippen molar-refractivity contribution in [2.75, 3.05) is 9.80 Å². The second kappa shape index (κ2) is 20.3. The summed E-state index contributed by atoms with van der Waals surface area (Å²) in [6.07, 6.45) is 0. The summed E-state index contributed by atoms with van der Waals surface area (Å²) in [5.41, 5.74) is 8.10. The Labute approximate surface area is 561 Å². The van der Waals surface area contributed by atoms with Crippen LogP contribution in [0.4, 0.5) is 34.1 Å². The molecule has 5 heterocycles. The third-order valence-electron chi connectivity index (χ3n) is 18.0. The fourth-order valence-corrected chi connectivity index (χ4v) is 14.2. The minimum atomic E-state index is -1.01. The third kappa shape index (κ3) is 7.74. The lowest BCUT2D eigenvalue weighted by molar-refractivity contribution is 1.15. The molecule has 3 aromatic heterocycles. The van der Waals surface area contributed by atoms with Gasteiger partial charge in [-0.15, -0.1) is 0 Å². The van der Waals surface area contributed by atoms with E-state index in [1.807, 2.05) is 155 Å². The summed E-state index contributed by atoms with van der Waals surface area (Å²) in [7, 11) is 0. The van der Waals surface area contributed by atoms with E-state index in [1.165, 1.54) is 9.13 Å². The van der Waals surface area contributed by atoms with Crippen molar-refractivity contribution >= 4 is 123 Å². The van der Waals surface area contributed by atoms with Crippen LogP contribution >= 0.6 is 0 Å². The number of rotatable bonds is 8. The zero-order chi connectivity index (χ0) is 78.8. The Morgan fingerprint density at radius 3 is 1.27 bits per heavy atom. The van der Waals surface area contributed by atoms with E-state index in [4.69, 9.17) is 9.60 Å². The summed E-state index contributed by atoms with van der Waals surface area (Å²) in [4.78, 5) is 3.80. The molecule has 426 valence electrons. The van der Waals surface area contributed by atoms with Crippen molar-refractivity contribution in [3.63, 3.8) is 0 Å². The number of hydrogen-bond acceptors (Lipinski definition) is 3. The summed E-state index contributed by atoms with van der Waals surface area (Å²) in [5.74, 6) is 0. The molecule has 0 spiro atoms. The number of para-hydroxylation sites is 6. The summed E-state index contributed by atoms with van der Waals surface area (Å²) < 4.78 is 202. The van der Waals surface area contributed by atoms with Gasteiger partial charge < -0.3 is 23.5 Å². The van der Waals surface area contributed by atoms with Crippen molar-refractivity contribution in [2.24, 2.45) is 0 Å². The second-order valence-electron chi connectivity index (χ2n) is 22.8. The van der Waals surface area contributed by atoms with E-state index in [0.717, 1.165) is 32.9 Å². The predicted molar refractivity (Wildman–Crippen MR) is 385 cm³/mol. The maximum atomic E-state index is 11.9. The molecule has 14 aromatic carbocycles. The molecule has 2 aliphatic heterocycles. The molecule has 92 heavy (non-hydrogen) atoms. The molecule has 0 radical (unpaired) electrons. The normalized spacial score (nSPS) is 15.7. The third-order valence-corrected chi connectivity index (χ3v) is 18.0. The molecule has 0 unspecified atom stereocenters. The van der Waals surface area contributed by atoms with Crippen LogP contribution in [-0.2, 0) is 0 Å². The van der Waals surface area contributed by atoms with Gasteiger partial charge >= 0.3 is 0 Å². The quantitative estimate of drug-likeness (QED) is 0.142. The first-order valence-electron chi connectivity index (χ1n) is 40.3. The first kappa shape index (κ1) is 35.0. The molecule has 0 N–H and O–H groups in total. The molecule has 6 nitrogen and oxygen atoms in total. The van der Waals surface area contributed by atoms with Gasteiger partial charge in [0.25, 0.3) is 6.71 Å². The summed E-state index contributed by atoms with van der Waals surface area (Å²) in [5, 5.41) is 13.0. The summed E-state index contributed by atoms with van der Waals surface area (Å²) in [6, 6.07) is 49.9. The minimum absolute atomic E-state index is 0.0429. The molecular weight excluding hydrogens is 1120 g/mol. The Bertz CT molecular complexity index is 6960. The largest absolute Gasteiger partial charge is 0.311 e. The van der Waals surface area contributed by atoms with Crippen molar-refractivity contribution in [3.05, 3.63) is 327 Å². The zero-order valence-corrected chi connectivity index (χ0v) is 48.2. The van der Waals surface area contributed by atoms with Crippen molar-refractivity contribution in [1.29, 1.82) is 5.26 Å². The smallest absolute Gasteiger partial charge is 0.252 e. The lowest BCUT2D eigenvalue weighted by Gasteiger charge is -2.45. The van der Waals surface area contributed by atoms with E-state index < -0.39 is 134 Å². The fourth-order valence-electron chi connectivity index (χ4n) is 14.2. The fraction of sp³-hybridized carbons (Fsp3) is 0. The van der Waals surface area contributed by atoms with Crippen LogP contribution in [0.1, 0.15) is 34.3 Å². The Morgan fingerprint density at radius 2 is 0.717 bits per heavy atom. The van der Waals surface area contributed by atoms with Crippen molar-refractivity contribution in [2.45, 2.75) is 0 Å². The Kier molecular flexibility index (Phi) is 7.74. The van der Waals surface area contributed by atoms with Gasteiger partial charge in [0.15, 0.2) is 0 Å². The Balaban J connectivity index is 1.04. The van der Waals surface area contributed by atoms with Gasteiger partial charge in [0, 0.05) is 72.1 Å². The molecule has 0 aliphatic carbocycles. The van der Waals surface area contributed by atoms with E-state index in [2.05, 4.69) is 10.6 Å². The van der Waals surface area contributed by atoms with Crippen molar-refractivity contribution in [1.82, 2.24) is 13.7 Å². The van der Waals surface area contributed by atoms with Gasteiger partial charge in [-0.1, -0.05) is 218 Å². The molecule has 7 heteroatoms. The monoisotopic (exact) mass is 1190 g/mol. The number of nitrogens with zero attached hydrogens (tertiary/aromatic N) is 6. The average molecular weight is 1190 g/mol. The highest BCUT2D eigenvalue weighted by atomic mass is 15.2. The van der Waals surface area contributed by atoms with Gasteiger partial charge in [-0.3, -0.25) is 0 Å². The Morgan fingerprint density at radius 1 is 0.283 bits per heavy atom. The van der Waals surface area contributed by atoms with Crippen LogP contribution in [0, 0.1) is 11.3 Å². The minimum Gasteiger partial charge on any atom is -0.311 e. The van der Waals surface area contributed by atoms with Crippen molar-refractivity contribution in [3.8, 4) is 56.5 Å². The van der Waals surface area contributed by atoms with Crippen LogP contribution in [0.3, 0.4) is 0 Å². The van der Waals surface area contributed by atoms with Gasteiger partial charge in [-0.05, 0) is 153 Å². The van der Waals surface area contributed by atoms with E-state index >= 15 is 0 Å². The van der Waals surface area contributed by atoms with Crippen LogP contribution in [0.5, 0.6) is 0 Å². The molecule has 17 aromatic rings. The van der Waals surface area contributed by atoms with Gasteiger partial charge in [0.05, 0.1) is 78.8 Å². The van der Waals surface area contributed by atoms with Gasteiger partial charge in [0.1, 0.15) is 6.07 Å². The highest BCUT2D eigenvalue weighted by Gasteiger charge is 2.45. The zero-order valence-electron chi connectivity index (χ0n) is 69.2. The van der Waals surface area contributed by atoms with Crippen LogP contribution in [0.15, 0.2) is 321 Å². The standard InChI is InChI=1S/C85H53BN6/c87-54-59-40-42-62(88-74-34-16-10-28-66(74)67-29-11-17-35-75(67)88)50-80(59)92-81-49-58(55-22-4-1-5-23-55)41-44-72(81)86-73-45-43-63(89-76-36-18-12-30-68(76)69-31-13-19-37-77(69)89)51-82(73)91(64-47-60(56-24-6-2-7-25-56)46-61(48-64)57-26-8-3-9-27-57)83-52-65(53-84(92)85(83)86)90-78-38-20-14-32-70(78)71-33-15-21-39-79(71)90/h1-53H/i1D,4D,5D,12D,13D,14D,15D,18D,19D,20D,21D,22D,23D,30D,31D,32D,33D,36D,37D,38D,39D. The van der Waals surface area contributed by atoms with Gasteiger partial charge in [0.2, 0.25) is 0 Å². The molecule has 0 saturated heterocycles. The lowest BCUT2D eigenvalue weighted by atomic mass is 9.33. The molecule has 0 fully saturated rings.